The second-order valence-electron chi connectivity index (χ2n) is 7.19. The maximum absolute atomic E-state index is 13.8. The number of fused-ring (bicyclic) bond motifs is 3. The molecule has 0 bridgehead atoms. The van der Waals surface area contributed by atoms with E-state index in [1.54, 1.807) is 4.52 Å². The van der Waals surface area contributed by atoms with Gasteiger partial charge in [-0.1, -0.05) is 0 Å². The van der Waals surface area contributed by atoms with E-state index in [1.807, 2.05) is 6.20 Å². The number of hydrogen-bond acceptors (Lipinski definition) is 4. The van der Waals surface area contributed by atoms with Crippen LogP contribution in [0.1, 0.15) is 34.7 Å². The van der Waals surface area contributed by atoms with Gasteiger partial charge in [-0.05, 0) is 37.9 Å². The fourth-order valence-electron chi connectivity index (χ4n) is 4.19. The second kappa shape index (κ2) is 5.78. The van der Waals surface area contributed by atoms with Crippen LogP contribution in [0.15, 0.2) is 18.3 Å². The van der Waals surface area contributed by atoms with E-state index in [2.05, 4.69) is 15.0 Å². The number of nitrogens with two attached hydrogens (primary N) is 1. The van der Waals surface area contributed by atoms with Crippen molar-refractivity contribution in [2.45, 2.75) is 24.8 Å². The van der Waals surface area contributed by atoms with Gasteiger partial charge in [-0.3, -0.25) is 14.8 Å². The van der Waals surface area contributed by atoms with E-state index in [1.165, 1.54) is 12.1 Å². The zero-order valence-electron chi connectivity index (χ0n) is 14.2. The van der Waals surface area contributed by atoms with Gasteiger partial charge in [-0.25, -0.2) is 13.9 Å². The molecule has 0 radical (unpaired) electrons. The maximum Gasteiger partial charge on any atom is 0.251 e. The number of amides is 1. The number of imidazole rings is 1. The van der Waals surface area contributed by atoms with Crippen LogP contribution >= 0.6 is 0 Å². The minimum Gasteiger partial charge on any atom is -0.378 e. The summed E-state index contributed by atoms with van der Waals surface area (Å²) in [7, 11) is 0. The Morgan fingerprint density at radius 2 is 2.08 bits per heavy atom. The highest BCUT2D eigenvalue weighted by molar-refractivity contribution is 6.05. The molecule has 0 saturated carbocycles. The number of halogens is 1. The van der Waals surface area contributed by atoms with Gasteiger partial charge in [0.25, 0.3) is 5.91 Å². The lowest BCUT2D eigenvalue weighted by Crippen LogP contribution is -2.51. The van der Waals surface area contributed by atoms with Crippen LogP contribution in [-0.2, 0) is 4.74 Å². The third-order valence-electron chi connectivity index (χ3n) is 5.70. The quantitative estimate of drug-likeness (QED) is 0.746. The molecule has 2 aliphatic heterocycles. The molecule has 0 spiro atoms. The lowest BCUT2D eigenvalue weighted by Gasteiger charge is -2.41. The molecule has 0 unspecified atom stereocenters. The number of primary amides is 1. The van der Waals surface area contributed by atoms with E-state index in [9.17, 15) is 9.18 Å². The molecule has 26 heavy (non-hydrogen) atoms. The number of carbonyl (C=O) groups is 1. The fourth-order valence-corrected chi connectivity index (χ4v) is 4.19. The standard InChI is InChI=1S/C18H20FN5O2/c19-11-5-13(17(20)25)16-15(6-11)22-18-14(7-21-24(16)18)10-1-3-23(4-2-10)12-8-26-9-12/h5-7,10,12,21H,1-4,8-9H2,(H2,20,25). The van der Waals surface area contributed by atoms with Gasteiger partial charge >= 0.3 is 0 Å². The van der Waals surface area contributed by atoms with Crippen molar-refractivity contribution in [3.05, 3.63) is 35.3 Å². The molecular weight excluding hydrogens is 337 g/mol. The molecule has 3 aromatic rings. The Balaban J connectivity index is 1.51. The predicted molar refractivity (Wildman–Crippen MR) is 93.7 cm³/mol. The van der Waals surface area contributed by atoms with Crippen molar-refractivity contribution in [2.24, 2.45) is 5.73 Å². The van der Waals surface area contributed by atoms with E-state index in [0.29, 0.717) is 23.0 Å². The molecule has 2 aromatic heterocycles. The Morgan fingerprint density at radius 1 is 1.31 bits per heavy atom. The molecule has 136 valence electrons. The molecule has 2 saturated heterocycles. The zero-order chi connectivity index (χ0) is 17.8. The van der Waals surface area contributed by atoms with Gasteiger partial charge < -0.3 is 10.5 Å². The van der Waals surface area contributed by atoms with Crippen molar-refractivity contribution in [3.63, 3.8) is 0 Å². The molecule has 3 N–H and O–H groups in total. The topological polar surface area (TPSA) is 88.7 Å². The largest absolute Gasteiger partial charge is 0.378 e. The number of nitrogens with zero attached hydrogens (tertiary/aromatic N) is 3. The minimum absolute atomic E-state index is 0.140. The summed E-state index contributed by atoms with van der Waals surface area (Å²) in [5, 5.41) is 3.17. The SMILES string of the molecule is NC(=O)c1cc(F)cc2nc3c(C4CCN(C5COC5)CC4)c[nH]n3c12. The number of aromatic amines is 1. The van der Waals surface area contributed by atoms with E-state index in [4.69, 9.17) is 10.5 Å². The summed E-state index contributed by atoms with van der Waals surface area (Å²) in [6, 6.07) is 3.07. The second-order valence-corrected chi connectivity index (χ2v) is 7.19. The fraction of sp³-hybridized carbons (Fsp3) is 0.444. The highest BCUT2D eigenvalue weighted by Crippen LogP contribution is 2.33. The van der Waals surface area contributed by atoms with Crippen molar-refractivity contribution in [2.75, 3.05) is 26.3 Å². The van der Waals surface area contributed by atoms with E-state index < -0.39 is 11.7 Å². The summed E-state index contributed by atoms with van der Waals surface area (Å²) >= 11 is 0. The van der Waals surface area contributed by atoms with Crippen LogP contribution in [0.5, 0.6) is 0 Å². The average Bonchev–Trinajstić information content (AvgIpc) is 3.11. The summed E-state index contributed by atoms with van der Waals surface area (Å²) in [6.45, 7) is 3.76. The predicted octanol–water partition coefficient (Wildman–Crippen LogP) is 1.63. The van der Waals surface area contributed by atoms with Crippen LogP contribution in [0.2, 0.25) is 0 Å². The maximum atomic E-state index is 13.8. The molecule has 2 aliphatic rings. The summed E-state index contributed by atoms with van der Waals surface area (Å²) in [5.41, 5.74) is 8.41. The van der Waals surface area contributed by atoms with E-state index in [-0.39, 0.29) is 5.56 Å². The molecule has 0 atom stereocenters. The number of ether oxygens (including phenoxy) is 1. The first kappa shape index (κ1) is 15.8. The number of benzene rings is 1. The lowest BCUT2D eigenvalue weighted by molar-refractivity contribution is -0.0712. The van der Waals surface area contributed by atoms with Gasteiger partial charge in [0.2, 0.25) is 0 Å². The number of carbonyl (C=O) groups excluding carboxylic acids is 1. The van der Waals surface area contributed by atoms with Crippen LogP contribution in [0.4, 0.5) is 4.39 Å². The van der Waals surface area contributed by atoms with Gasteiger partial charge in [0.05, 0.1) is 30.3 Å². The highest BCUT2D eigenvalue weighted by Gasteiger charge is 2.31. The Labute approximate surface area is 148 Å². The third kappa shape index (κ3) is 2.33. The molecule has 5 rings (SSSR count). The number of H-pyrrole nitrogens is 1. The molecule has 2 fully saturated rings. The molecule has 1 aromatic carbocycles. The van der Waals surface area contributed by atoms with Crippen LogP contribution in [0.3, 0.4) is 0 Å². The monoisotopic (exact) mass is 357 g/mol. The first-order valence-corrected chi connectivity index (χ1v) is 8.92. The number of piperidine rings is 1. The number of nitrogens with one attached hydrogen (secondary N) is 1. The van der Waals surface area contributed by atoms with E-state index in [0.717, 1.165) is 50.4 Å². The molecule has 4 heterocycles. The van der Waals surface area contributed by atoms with Gasteiger partial charge in [-0.2, -0.15) is 0 Å². The van der Waals surface area contributed by atoms with Gasteiger partial charge in [0.1, 0.15) is 11.3 Å². The molecule has 8 heteroatoms. The number of rotatable bonds is 3. The molecular formula is C18H20FN5O2. The third-order valence-corrected chi connectivity index (χ3v) is 5.70. The van der Waals surface area contributed by atoms with Crippen LogP contribution in [0.25, 0.3) is 16.7 Å². The molecule has 7 nitrogen and oxygen atoms in total. The Morgan fingerprint density at radius 3 is 2.73 bits per heavy atom. The summed E-state index contributed by atoms with van der Waals surface area (Å²) in [5.74, 6) is -0.784. The Bertz CT molecular complexity index is 998. The van der Waals surface area contributed by atoms with Crippen molar-refractivity contribution >= 4 is 22.6 Å². The van der Waals surface area contributed by atoms with Gasteiger partial charge in [0, 0.05) is 17.8 Å². The summed E-state index contributed by atoms with van der Waals surface area (Å²) in [6.07, 6.45) is 4.04. The summed E-state index contributed by atoms with van der Waals surface area (Å²) in [4.78, 5) is 18.8. The lowest BCUT2D eigenvalue weighted by atomic mass is 9.90. The van der Waals surface area contributed by atoms with Crippen molar-refractivity contribution in [3.8, 4) is 0 Å². The molecule has 0 aliphatic carbocycles. The Kier molecular flexibility index (Phi) is 3.51. The number of aromatic nitrogens is 3. The van der Waals surface area contributed by atoms with Crippen molar-refractivity contribution in [1.29, 1.82) is 0 Å². The average molecular weight is 357 g/mol. The van der Waals surface area contributed by atoms with Gasteiger partial charge in [0.15, 0.2) is 5.65 Å². The van der Waals surface area contributed by atoms with E-state index >= 15 is 0 Å². The number of likely N-dealkylation sites (tertiary alicyclic amines) is 1. The minimum atomic E-state index is -0.663. The zero-order valence-corrected chi connectivity index (χ0v) is 14.2. The number of hydrogen-bond donors (Lipinski definition) is 2. The van der Waals surface area contributed by atoms with Crippen LogP contribution in [0, 0.1) is 5.82 Å². The highest BCUT2D eigenvalue weighted by atomic mass is 19.1. The normalized spacial score (nSPS) is 20.0. The van der Waals surface area contributed by atoms with Crippen LogP contribution < -0.4 is 5.73 Å². The van der Waals surface area contributed by atoms with Crippen molar-refractivity contribution < 1.29 is 13.9 Å². The van der Waals surface area contributed by atoms with Crippen LogP contribution in [-0.4, -0.2) is 57.8 Å². The van der Waals surface area contributed by atoms with Gasteiger partial charge in [-0.15, -0.1) is 0 Å². The first-order valence-electron chi connectivity index (χ1n) is 8.92. The smallest absolute Gasteiger partial charge is 0.251 e. The Hall–Kier alpha value is -2.45. The molecule has 1 amide bonds. The first-order chi connectivity index (χ1) is 12.6. The summed E-state index contributed by atoms with van der Waals surface area (Å²) < 4.78 is 20.9. The van der Waals surface area contributed by atoms with Crippen molar-refractivity contribution in [1.82, 2.24) is 19.5 Å².